The molecule has 3 aromatic rings. The molecule has 7 heteroatoms. The number of hydrogen-bond acceptors (Lipinski definition) is 2. The van der Waals surface area contributed by atoms with Crippen LogP contribution in [0.3, 0.4) is 0 Å². The average molecular weight is 356 g/mol. The van der Waals surface area contributed by atoms with Crippen LogP contribution in [0.2, 0.25) is 0 Å². The minimum atomic E-state index is -0.788. The van der Waals surface area contributed by atoms with E-state index in [1.165, 1.54) is 6.07 Å². The van der Waals surface area contributed by atoms with Crippen LogP contribution in [0.4, 0.5) is 19.3 Å². The Kier molecular flexibility index (Phi) is 4.28. The first-order chi connectivity index (χ1) is 12.6. The zero-order valence-corrected chi connectivity index (χ0v) is 14.0. The molecular weight excluding hydrogens is 338 g/mol. The second-order valence-corrected chi connectivity index (χ2v) is 6.48. The Balaban J connectivity index is 1.48. The number of rotatable bonds is 2. The van der Waals surface area contributed by atoms with Crippen LogP contribution in [0.15, 0.2) is 42.5 Å². The molecule has 1 fully saturated rings. The van der Waals surface area contributed by atoms with E-state index in [4.69, 9.17) is 0 Å². The van der Waals surface area contributed by atoms with Gasteiger partial charge in [0.15, 0.2) is 0 Å². The number of carbonyl (C=O) groups is 1. The fourth-order valence-corrected chi connectivity index (χ4v) is 3.34. The molecule has 0 aliphatic carbocycles. The van der Waals surface area contributed by atoms with Crippen LogP contribution in [0.25, 0.3) is 11.0 Å². The van der Waals surface area contributed by atoms with E-state index in [2.05, 4.69) is 15.3 Å². The molecule has 0 radical (unpaired) electrons. The maximum atomic E-state index is 13.7. The molecule has 0 saturated carbocycles. The van der Waals surface area contributed by atoms with Crippen molar-refractivity contribution in [2.45, 2.75) is 18.8 Å². The number of hydrogen-bond donors (Lipinski definition) is 2. The molecule has 4 rings (SSSR count). The summed E-state index contributed by atoms with van der Waals surface area (Å²) in [6.45, 7) is 1.08. The monoisotopic (exact) mass is 356 g/mol. The highest BCUT2D eigenvalue weighted by molar-refractivity contribution is 5.89. The molecule has 0 spiro atoms. The van der Waals surface area contributed by atoms with Gasteiger partial charge in [-0.05, 0) is 37.1 Å². The van der Waals surface area contributed by atoms with Crippen LogP contribution in [0, 0.1) is 11.6 Å². The Hall–Kier alpha value is -2.96. The number of H-pyrrole nitrogens is 1. The fourth-order valence-electron chi connectivity index (χ4n) is 3.34. The van der Waals surface area contributed by atoms with Crippen molar-refractivity contribution in [2.24, 2.45) is 0 Å². The van der Waals surface area contributed by atoms with Crippen LogP contribution in [0.1, 0.15) is 24.6 Å². The smallest absolute Gasteiger partial charge is 0.321 e. The number of halogens is 2. The van der Waals surface area contributed by atoms with Gasteiger partial charge in [-0.1, -0.05) is 12.1 Å². The third kappa shape index (κ3) is 3.24. The third-order valence-electron chi connectivity index (χ3n) is 4.68. The number of aromatic amines is 1. The van der Waals surface area contributed by atoms with Crippen LogP contribution >= 0.6 is 0 Å². The molecule has 1 saturated heterocycles. The molecule has 26 heavy (non-hydrogen) atoms. The number of urea groups is 1. The van der Waals surface area contributed by atoms with Gasteiger partial charge in [-0.3, -0.25) is 0 Å². The lowest BCUT2D eigenvalue weighted by molar-refractivity contribution is 0.191. The summed E-state index contributed by atoms with van der Waals surface area (Å²) in [5.74, 6) is -0.510. The summed E-state index contributed by atoms with van der Waals surface area (Å²) in [5.41, 5.74) is 1.84. The van der Waals surface area contributed by atoms with E-state index in [-0.39, 0.29) is 11.6 Å². The van der Waals surface area contributed by atoms with E-state index in [1.54, 1.807) is 4.90 Å². The van der Waals surface area contributed by atoms with Gasteiger partial charge in [0.2, 0.25) is 0 Å². The van der Waals surface area contributed by atoms with Gasteiger partial charge in [-0.25, -0.2) is 18.6 Å². The Morgan fingerprint density at radius 1 is 1.23 bits per heavy atom. The van der Waals surface area contributed by atoms with E-state index in [1.807, 2.05) is 24.3 Å². The number of amides is 2. The minimum Gasteiger partial charge on any atom is -0.342 e. The molecule has 1 atom stereocenters. The maximum absolute atomic E-state index is 13.7. The standard InChI is InChI=1S/C19H18F2N4O/c20-13-7-8-15(14(21)10-13)24-19(26)25-9-3-4-12(11-25)18-22-16-5-1-2-6-17(16)23-18/h1-2,5-8,10,12H,3-4,9,11H2,(H,22,23)(H,24,26)/t12-/m0/s1. The number of benzene rings is 2. The van der Waals surface area contributed by atoms with Crippen molar-refractivity contribution in [2.75, 3.05) is 18.4 Å². The number of imidazole rings is 1. The van der Waals surface area contributed by atoms with Gasteiger partial charge < -0.3 is 15.2 Å². The van der Waals surface area contributed by atoms with Crippen LogP contribution in [-0.2, 0) is 0 Å². The summed E-state index contributed by atoms with van der Waals surface area (Å²) in [6, 6.07) is 10.5. The fraction of sp³-hybridized carbons (Fsp3) is 0.263. The molecule has 1 aliphatic rings. The van der Waals surface area contributed by atoms with Crippen molar-refractivity contribution in [3.63, 3.8) is 0 Å². The van der Waals surface area contributed by atoms with Gasteiger partial charge in [0.1, 0.15) is 17.5 Å². The van der Waals surface area contributed by atoms with Crippen LogP contribution in [0.5, 0.6) is 0 Å². The topological polar surface area (TPSA) is 61.0 Å². The summed E-state index contributed by atoms with van der Waals surface area (Å²) in [7, 11) is 0. The summed E-state index contributed by atoms with van der Waals surface area (Å²) in [6.07, 6.45) is 1.76. The predicted octanol–water partition coefficient (Wildman–Crippen LogP) is 4.25. The number of carbonyl (C=O) groups excluding carboxylic acids is 1. The highest BCUT2D eigenvalue weighted by Crippen LogP contribution is 2.27. The van der Waals surface area contributed by atoms with E-state index in [0.29, 0.717) is 13.1 Å². The first-order valence-electron chi connectivity index (χ1n) is 8.56. The van der Waals surface area contributed by atoms with Crippen molar-refractivity contribution < 1.29 is 13.6 Å². The van der Waals surface area contributed by atoms with Crippen molar-refractivity contribution in [1.29, 1.82) is 0 Å². The molecule has 134 valence electrons. The quantitative estimate of drug-likeness (QED) is 0.721. The maximum Gasteiger partial charge on any atom is 0.321 e. The lowest BCUT2D eigenvalue weighted by Gasteiger charge is -2.31. The minimum absolute atomic E-state index is 0.0257. The molecule has 1 aromatic heterocycles. The number of nitrogens with zero attached hydrogens (tertiary/aromatic N) is 2. The number of para-hydroxylation sites is 2. The predicted molar refractivity (Wildman–Crippen MR) is 95.0 cm³/mol. The summed E-state index contributed by atoms with van der Waals surface area (Å²) >= 11 is 0. The number of nitrogens with one attached hydrogen (secondary N) is 2. The molecule has 5 nitrogen and oxygen atoms in total. The van der Waals surface area contributed by atoms with Crippen molar-refractivity contribution in [1.82, 2.24) is 14.9 Å². The summed E-state index contributed by atoms with van der Waals surface area (Å²) < 4.78 is 26.7. The van der Waals surface area contributed by atoms with Crippen LogP contribution < -0.4 is 5.32 Å². The van der Waals surface area contributed by atoms with Gasteiger partial charge >= 0.3 is 6.03 Å². The molecular formula is C19H18F2N4O. The van der Waals surface area contributed by atoms with Gasteiger partial charge in [0.25, 0.3) is 0 Å². The lowest BCUT2D eigenvalue weighted by Crippen LogP contribution is -2.42. The highest BCUT2D eigenvalue weighted by Gasteiger charge is 2.27. The summed E-state index contributed by atoms with van der Waals surface area (Å²) in [4.78, 5) is 22.1. The molecule has 2 aromatic carbocycles. The molecule has 2 amide bonds. The second kappa shape index (κ2) is 6.74. The number of aromatic nitrogens is 2. The van der Waals surface area contributed by atoms with E-state index < -0.39 is 17.7 Å². The van der Waals surface area contributed by atoms with E-state index >= 15 is 0 Å². The van der Waals surface area contributed by atoms with Gasteiger partial charge in [0, 0.05) is 25.1 Å². The lowest BCUT2D eigenvalue weighted by atomic mass is 9.97. The average Bonchev–Trinajstić information content (AvgIpc) is 3.08. The van der Waals surface area contributed by atoms with Crippen molar-refractivity contribution in [3.05, 3.63) is 59.9 Å². The van der Waals surface area contributed by atoms with E-state index in [0.717, 1.165) is 41.8 Å². The largest absolute Gasteiger partial charge is 0.342 e. The van der Waals surface area contributed by atoms with Crippen molar-refractivity contribution >= 4 is 22.8 Å². The molecule has 1 aliphatic heterocycles. The Labute approximate surface area is 149 Å². The highest BCUT2D eigenvalue weighted by atomic mass is 19.1. The molecule has 2 heterocycles. The Morgan fingerprint density at radius 3 is 2.88 bits per heavy atom. The molecule has 2 N–H and O–H groups in total. The number of likely N-dealkylation sites (tertiary alicyclic amines) is 1. The first-order valence-corrected chi connectivity index (χ1v) is 8.56. The zero-order chi connectivity index (χ0) is 18.1. The van der Waals surface area contributed by atoms with Gasteiger partial charge in [-0.15, -0.1) is 0 Å². The number of fused-ring (bicyclic) bond motifs is 1. The number of piperidine rings is 1. The Bertz CT molecular complexity index is 923. The SMILES string of the molecule is O=C(Nc1ccc(F)cc1F)N1CCC[C@H](c2nc3ccccc3[nH]2)C1. The van der Waals surface area contributed by atoms with Crippen molar-refractivity contribution in [3.8, 4) is 0 Å². The number of anilines is 1. The normalized spacial score (nSPS) is 17.5. The summed E-state index contributed by atoms with van der Waals surface area (Å²) in [5, 5.41) is 2.52. The van der Waals surface area contributed by atoms with Gasteiger partial charge in [-0.2, -0.15) is 0 Å². The molecule has 0 bridgehead atoms. The Morgan fingerprint density at radius 2 is 2.08 bits per heavy atom. The second-order valence-electron chi connectivity index (χ2n) is 6.48. The van der Waals surface area contributed by atoms with Crippen LogP contribution in [-0.4, -0.2) is 34.0 Å². The third-order valence-corrected chi connectivity index (χ3v) is 4.68. The van der Waals surface area contributed by atoms with E-state index in [9.17, 15) is 13.6 Å². The van der Waals surface area contributed by atoms with Gasteiger partial charge in [0.05, 0.1) is 16.7 Å². The first kappa shape index (κ1) is 16.5. The zero-order valence-electron chi connectivity index (χ0n) is 14.0. The molecule has 0 unspecified atom stereocenters.